The van der Waals surface area contributed by atoms with Crippen LogP contribution in [-0.4, -0.2) is 0 Å². The molecule has 0 saturated carbocycles. The third kappa shape index (κ3) is 1.58. The van der Waals surface area contributed by atoms with E-state index in [1.54, 1.807) is 17.8 Å². The van der Waals surface area contributed by atoms with Crippen molar-refractivity contribution in [3.63, 3.8) is 0 Å². The number of benzene rings is 2. The van der Waals surface area contributed by atoms with E-state index in [9.17, 15) is 9.59 Å². The van der Waals surface area contributed by atoms with Gasteiger partial charge in [0.05, 0.1) is 5.69 Å². The molecule has 1 aliphatic rings. The van der Waals surface area contributed by atoms with Crippen molar-refractivity contribution in [3.05, 3.63) is 57.2 Å². The second kappa shape index (κ2) is 4.01. The van der Waals surface area contributed by atoms with Crippen LogP contribution in [0.5, 0.6) is 0 Å². The van der Waals surface area contributed by atoms with Crippen LogP contribution in [0.1, 0.15) is 0 Å². The van der Waals surface area contributed by atoms with Gasteiger partial charge in [-0.3, -0.25) is 0 Å². The first-order valence-electron chi connectivity index (χ1n) is 5.87. The molecule has 1 aliphatic heterocycles. The van der Waals surface area contributed by atoms with Crippen LogP contribution >= 0.6 is 11.8 Å². The fraction of sp³-hybridized carbons (Fsp3) is 0. The zero-order valence-corrected chi connectivity index (χ0v) is 10.8. The minimum Gasteiger partial charge on any atom is -0.414 e. The third-order valence-corrected chi connectivity index (χ3v) is 4.15. The van der Waals surface area contributed by atoms with E-state index in [1.807, 2.05) is 30.3 Å². The topological polar surface area (TPSA) is 72.5 Å². The van der Waals surface area contributed by atoms with Gasteiger partial charge < -0.3 is 14.2 Å². The van der Waals surface area contributed by atoms with E-state index < -0.39 is 11.3 Å². The molecule has 0 unspecified atom stereocenters. The minimum absolute atomic E-state index is 0.251. The molecule has 2 aromatic carbocycles. The fourth-order valence-electron chi connectivity index (χ4n) is 2.12. The maximum absolute atomic E-state index is 11.4. The molecular weight excluding hydrogens is 278 g/mol. The highest BCUT2D eigenvalue weighted by molar-refractivity contribution is 7.99. The van der Waals surface area contributed by atoms with Crippen LogP contribution < -0.4 is 16.6 Å². The van der Waals surface area contributed by atoms with Crippen LogP contribution in [0.15, 0.2) is 64.6 Å². The number of hydrogen-bond acceptors (Lipinski definition) is 6. The molecule has 0 bridgehead atoms. The van der Waals surface area contributed by atoms with E-state index in [4.69, 9.17) is 8.83 Å². The molecule has 1 N–H and O–H groups in total. The van der Waals surface area contributed by atoms with Crippen LogP contribution in [0.25, 0.3) is 11.2 Å². The van der Waals surface area contributed by atoms with Crippen molar-refractivity contribution in [1.82, 2.24) is 0 Å². The second-order valence-corrected chi connectivity index (χ2v) is 5.35. The average molecular weight is 285 g/mol. The van der Waals surface area contributed by atoms with Gasteiger partial charge in [0.2, 0.25) is 0 Å². The summed E-state index contributed by atoms with van der Waals surface area (Å²) in [5.41, 5.74) is 0.0752. The van der Waals surface area contributed by atoms with Crippen LogP contribution in [0, 0.1) is 0 Å². The lowest BCUT2D eigenvalue weighted by molar-refractivity contribution is 0.449. The Morgan fingerprint density at radius 2 is 1.70 bits per heavy atom. The Hall–Kier alpha value is -2.47. The number of para-hydroxylation sites is 1. The van der Waals surface area contributed by atoms with Crippen molar-refractivity contribution >= 4 is 34.3 Å². The van der Waals surface area contributed by atoms with Crippen molar-refractivity contribution in [2.75, 3.05) is 5.32 Å². The molecule has 1 aromatic heterocycles. The predicted octanol–water partition coefficient (Wildman–Crippen LogP) is 2.95. The molecule has 98 valence electrons. The monoisotopic (exact) mass is 285 g/mol. The number of anilines is 2. The zero-order chi connectivity index (χ0) is 13.7. The second-order valence-electron chi connectivity index (χ2n) is 4.27. The molecule has 0 aliphatic carbocycles. The summed E-state index contributed by atoms with van der Waals surface area (Å²) in [6.07, 6.45) is 0. The minimum atomic E-state index is -1.00. The highest BCUT2D eigenvalue weighted by atomic mass is 32.2. The lowest BCUT2D eigenvalue weighted by Gasteiger charge is -2.20. The quantitative estimate of drug-likeness (QED) is 0.501. The van der Waals surface area contributed by atoms with Crippen molar-refractivity contribution in [2.45, 2.75) is 9.79 Å². The molecule has 0 spiro atoms. The molecule has 0 amide bonds. The van der Waals surface area contributed by atoms with E-state index in [0.29, 0.717) is 5.69 Å². The summed E-state index contributed by atoms with van der Waals surface area (Å²) in [4.78, 5) is 24.6. The smallest absolute Gasteiger partial charge is 0.414 e. The number of hydrogen-bond donors (Lipinski definition) is 1. The first-order chi connectivity index (χ1) is 9.72. The van der Waals surface area contributed by atoms with Crippen molar-refractivity contribution in [3.8, 4) is 0 Å². The van der Waals surface area contributed by atoms with Crippen LogP contribution in [0.2, 0.25) is 0 Å². The predicted molar refractivity (Wildman–Crippen MR) is 74.9 cm³/mol. The molecule has 2 heterocycles. The summed E-state index contributed by atoms with van der Waals surface area (Å²) >= 11 is 1.56. The Kier molecular flexibility index (Phi) is 2.28. The molecular formula is C14H7NO4S. The zero-order valence-electron chi connectivity index (χ0n) is 10.0. The van der Waals surface area contributed by atoms with Gasteiger partial charge in [0.25, 0.3) is 0 Å². The summed E-state index contributed by atoms with van der Waals surface area (Å²) in [6.45, 7) is 0. The van der Waals surface area contributed by atoms with Crippen molar-refractivity contribution in [2.24, 2.45) is 0 Å². The number of nitrogens with one attached hydrogen (secondary N) is 1. The Morgan fingerprint density at radius 1 is 0.900 bits per heavy atom. The maximum Gasteiger partial charge on any atom is 0.423 e. The van der Waals surface area contributed by atoms with Gasteiger partial charge in [-0.05, 0) is 24.3 Å². The summed E-state index contributed by atoms with van der Waals surface area (Å²) in [7, 11) is 0. The van der Waals surface area contributed by atoms with Gasteiger partial charge in [-0.2, -0.15) is 0 Å². The van der Waals surface area contributed by atoms with Gasteiger partial charge in [0, 0.05) is 9.79 Å². The Balaban J connectivity index is 2.02. The van der Waals surface area contributed by atoms with Crippen LogP contribution in [0.3, 0.4) is 0 Å². The van der Waals surface area contributed by atoms with E-state index in [1.165, 1.54) is 0 Å². The molecule has 0 fully saturated rings. The standard InChI is InChI=1S/C14H7NO4S/c16-13-14(17)19-12-8(18-13)5-6-10-11(12)15-7-3-1-2-4-9(7)20-10/h1-6,15H. The lowest BCUT2D eigenvalue weighted by Crippen LogP contribution is -2.21. The van der Waals surface area contributed by atoms with E-state index in [2.05, 4.69) is 5.32 Å². The molecule has 0 atom stereocenters. The highest BCUT2D eigenvalue weighted by Crippen LogP contribution is 2.46. The fourth-order valence-corrected chi connectivity index (χ4v) is 3.11. The number of rotatable bonds is 0. The summed E-state index contributed by atoms with van der Waals surface area (Å²) < 4.78 is 10.0. The molecule has 6 heteroatoms. The Bertz CT molecular complexity index is 957. The van der Waals surface area contributed by atoms with Gasteiger partial charge >= 0.3 is 11.3 Å². The van der Waals surface area contributed by atoms with E-state index in [0.717, 1.165) is 15.5 Å². The largest absolute Gasteiger partial charge is 0.423 e. The molecule has 20 heavy (non-hydrogen) atoms. The van der Waals surface area contributed by atoms with Crippen molar-refractivity contribution < 1.29 is 8.83 Å². The van der Waals surface area contributed by atoms with Gasteiger partial charge in [-0.25, -0.2) is 9.59 Å². The highest BCUT2D eigenvalue weighted by Gasteiger charge is 2.20. The Labute approximate surface area is 116 Å². The molecule has 0 saturated heterocycles. The molecule has 3 aromatic rings. The molecule has 4 rings (SSSR count). The lowest BCUT2D eigenvalue weighted by atomic mass is 10.2. The first kappa shape index (κ1) is 11.4. The molecule has 0 radical (unpaired) electrons. The average Bonchev–Trinajstić information content (AvgIpc) is 2.47. The van der Waals surface area contributed by atoms with Gasteiger partial charge in [0.15, 0.2) is 11.2 Å². The summed E-state index contributed by atoms with van der Waals surface area (Å²) in [5, 5.41) is 3.21. The first-order valence-corrected chi connectivity index (χ1v) is 6.69. The normalized spacial score (nSPS) is 12.6. The summed E-state index contributed by atoms with van der Waals surface area (Å²) in [6, 6.07) is 11.3. The SMILES string of the molecule is O=c1oc2ccc3c(c2oc1=O)Nc1ccccc1S3. The van der Waals surface area contributed by atoms with Gasteiger partial charge in [-0.1, -0.05) is 23.9 Å². The van der Waals surface area contributed by atoms with E-state index >= 15 is 0 Å². The van der Waals surface area contributed by atoms with Crippen LogP contribution in [-0.2, 0) is 0 Å². The third-order valence-electron chi connectivity index (χ3n) is 3.01. The molecule has 5 nitrogen and oxygen atoms in total. The Morgan fingerprint density at radius 3 is 2.60 bits per heavy atom. The van der Waals surface area contributed by atoms with Crippen molar-refractivity contribution in [1.29, 1.82) is 0 Å². The summed E-state index contributed by atoms with van der Waals surface area (Å²) in [5.74, 6) is 0. The van der Waals surface area contributed by atoms with Gasteiger partial charge in [-0.15, -0.1) is 0 Å². The van der Waals surface area contributed by atoms with Crippen LogP contribution in [0.4, 0.5) is 11.4 Å². The van der Waals surface area contributed by atoms with Gasteiger partial charge in [0.1, 0.15) is 5.69 Å². The number of fused-ring (bicyclic) bond motifs is 4. The van der Waals surface area contributed by atoms with E-state index in [-0.39, 0.29) is 11.2 Å². The maximum atomic E-state index is 11.4.